The van der Waals surface area contributed by atoms with Gasteiger partial charge in [-0.1, -0.05) is 12.1 Å². The highest BCUT2D eigenvalue weighted by atomic mass is 19.1. The zero-order chi connectivity index (χ0) is 17.1. The molecule has 3 nitrogen and oxygen atoms in total. The van der Waals surface area contributed by atoms with Crippen molar-refractivity contribution in [2.45, 2.75) is 38.3 Å². The fraction of sp³-hybridized carbons (Fsp3) is 0.286. The first kappa shape index (κ1) is 14.7. The SMILES string of the molecule is CC1Cc2c(ccc3c(=O)n(C4CC4)cc(-c4cccc(F)c4)c23)O1. The van der Waals surface area contributed by atoms with Gasteiger partial charge in [0.1, 0.15) is 17.7 Å². The number of benzene rings is 2. The maximum atomic E-state index is 13.8. The summed E-state index contributed by atoms with van der Waals surface area (Å²) in [5.41, 5.74) is 2.81. The van der Waals surface area contributed by atoms with Crippen LogP contribution >= 0.6 is 0 Å². The van der Waals surface area contributed by atoms with Gasteiger partial charge in [0.15, 0.2) is 0 Å². The molecule has 2 aromatic carbocycles. The van der Waals surface area contributed by atoms with Gasteiger partial charge < -0.3 is 9.30 Å². The average Bonchev–Trinajstić information content (AvgIpc) is 3.35. The molecule has 5 rings (SSSR count). The zero-order valence-electron chi connectivity index (χ0n) is 14.0. The largest absolute Gasteiger partial charge is 0.490 e. The lowest BCUT2D eigenvalue weighted by Crippen LogP contribution is -2.19. The van der Waals surface area contributed by atoms with Crippen LogP contribution in [0, 0.1) is 5.82 Å². The van der Waals surface area contributed by atoms with Gasteiger partial charge in [0.2, 0.25) is 0 Å². The van der Waals surface area contributed by atoms with Gasteiger partial charge in [-0.05, 0) is 49.6 Å². The molecule has 1 unspecified atom stereocenters. The maximum Gasteiger partial charge on any atom is 0.258 e. The zero-order valence-corrected chi connectivity index (χ0v) is 14.0. The normalized spacial score (nSPS) is 19.0. The molecule has 2 heterocycles. The van der Waals surface area contributed by atoms with Gasteiger partial charge in [-0.2, -0.15) is 0 Å². The molecule has 2 aliphatic rings. The summed E-state index contributed by atoms with van der Waals surface area (Å²) in [6, 6.07) is 10.6. The Morgan fingerprint density at radius 2 is 2.04 bits per heavy atom. The van der Waals surface area contributed by atoms with Crippen LogP contribution in [0.25, 0.3) is 21.9 Å². The number of aromatic nitrogens is 1. The molecule has 0 spiro atoms. The number of nitrogens with zero attached hydrogens (tertiary/aromatic N) is 1. The summed E-state index contributed by atoms with van der Waals surface area (Å²) in [6.07, 6.45) is 4.83. The van der Waals surface area contributed by atoms with Crippen LogP contribution in [0.4, 0.5) is 4.39 Å². The Kier molecular flexibility index (Phi) is 3.05. The van der Waals surface area contributed by atoms with Crippen LogP contribution in [-0.2, 0) is 6.42 Å². The van der Waals surface area contributed by atoms with Crippen molar-refractivity contribution in [3.8, 4) is 16.9 Å². The third-order valence-corrected chi connectivity index (χ3v) is 5.17. The molecule has 25 heavy (non-hydrogen) atoms. The van der Waals surface area contributed by atoms with E-state index in [1.54, 1.807) is 6.07 Å². The van der Waals surface area contributed by atoms with E-state index < -0.39 is 0 Å². The fourth-order valence-corrected chi connectivity index (χ4v) is 3.87. The van der Waals surface area contributed by atoms with Crippen molar-refractivity contribution in [1.82, 2.24) is 4.57 Å². The minimum atomic E-state index is -0.271. The lowest BCUT2D eigenvalue weighted by Gasteiger charge is -2.14. The Bertz CT molecular complexity index is 1070. The number of hydrogen-bond donors (Lipinski definition) is 0. The van der Waals surface area contributed by atoms with Crippen molar-refractivity contribution in [2.75, 3.05) is 0 Å². The van der Waals surface area contributed by atoms with E-state index in [0.29, 0.717) is 5.39 Å². The Balaban J connectivity index is 1.89. The van der Waals surface area contributed by atoms with Gasteiger partial charge in [0.25, 0.3) is 5.56 Å². The second kappa shape index (κ2) is 5.19. The standard InChI is InChI=1S/C21H18FNO2/c1-12-9-17-19(25-12)8-7-16-20(17)18(13-3-2-4-14(22)10-13)11-23(21(16)24)15-5-6-15/h2-4,7-8,10-12,15H,5-6,9H2,1H3. The highest BCUT2D eigenvalue weighted by molar-refractivity contribution is 5.99. The summed E-state index contributed by atoms with van der Waals surface area (Å²) >= 11 is 0. The third kappa shape index (κ3) is 2.28. The molecule has 1 saturated carbocycles. The van der Waals surface area contributed by atoms with Crippen LogP contribution in [-0.4, -0.2) is 10.7 Å². The van der Waals surface area contributed by atoms with E-state index in [9.17, 15) is 9.18 Å². The number of hydrogen-bond acceptors (Lipinski definition) is 2. The average molecular weight is 335 g/mol. The quantitative estimate of drug-likeness (QED) is 0.692. The molecule has 0 bridgehead atoms. The lowest BCUT2D eigenvalue weighted by atomic mass is 9.94. The second-order valence-corrected chi connectivity index (χ2v) is 7.09. The Labute approximate surface area is 144 Å². The van der Waals surface area contributed by atoms with Gasteiger partial charge in [-0.3, -0.25) is 4.79 Å². The van der Waals surface area contributed by atoms with Crippen molar-refractivity contribution in [1.29, 1.82) is 0 Å². The summed E-state index contributed by atoms with van der Waals surface area (Å²) in [6.45, 7) is 2.03. The highest BCUT2D eigenvalue weighted by Gasteiger charge is 2.29. The summed E-state index contributed by atoms with van der Waals surface area (Å²) in [7, 11) is 0. The molecule has 1 atom stereocenters. The summed E-state index contributed by atoms with van der Waals surface area (Å²) in [5.74, 6) is 0.563. The number of halogens is 1. The van der Waals surface area contributed by atoms with E-state index in [2.05, 4.69) is 0 Å². The first-order chi connectivity index (χ1) is 12.1. The minimum Gasteiger partial charge on any atom is -0.490 e. The lowest BCUT2D eigenvalue weighted by molar-refractivity contribution is 0.254. The van der Waals surface area contributed by atoms with E-state index in [1.165, 1.54) is 12.1 Å². The van der Waals surface area contributed by atoms with Gasteiger partial charge in [0.05, 0.1) is 0 Å². The van der Waals surface area contributed by atoms with Crippen LogP contribution in [0.2, 0.25) is 0 Å². The molecular formula is C21H18FNO2. The van der Waals surface area contributed by atoms with E-state index in [1.807, 2.05) is 35.9 Å². The first-order valence-electron chi connectivity index (χ1n) is 8.75. The molecule has 1 fully saturated rings. The number of pyridine rings is 1. The number of fused-ring (bicyclic) bond motifs is 3. The van der Waals surface area contributed by atoms with Crippen molar-refractivity contribution in [3.63, 3.8) is 0 Å². The Morgan fingerprint density at radius 3 is 2.80 bits per heavy atom. The predicted molar refractivity (Wildman–Crippen MR) is 95.7 cm³/mol. The third-order valence-electron chi connectivity index (χ3n) is 5.17. The first-order valence-corrected chi connectivity index (χ1v) is 8.75. The molecule has 1 aromatic heterocycles. The van der Waals surface area contributed by atoms with Crippen molar-refractivity contribution in [3.05, 3.63) is 64.3 Å². The van der Waals surface area contributed by atoms with Crippen molar-refractivity contribution < 1.29 is 9.13 Å². The molecular weight excluding hydrogens is 317 g/mol. The molecule has 1 aliphatic carbocycles. The molecule has 3 aromatic rings. The van der Waals surface area contributed by atoms with Crippen LogP contribution in [0.3, 0.4) is 0 Å². The van der Waals surface area contributed by atoms with Gasteiger partial charge in [-0.25, -0.2) is 4.39 Å². The number of ether oxygens (including phenoxy) is 1. The van der Waals surface area contributed by atoms with Gasteiger partial charge in [0, 0.05) is 40.6 Å². The maximum absolute atomic E-state index is 13.8. The van der Waals surface area contributed by atoms with Crippen LogP contribution in [0.15, 0.2) is 47.4 Å². The van der Waals surface area contributed by atoms with E-state index in [-0.39, 0.29) is 23.5 Å². The molecule has 126 valence electrons. The molecule has 0 saturated heterocycles. The fourth-order valence-electron chi connectivity index (χ4n) is 3.87. The molecule has 4 heteroatoms. The van der Waals surface area contributed by atoms with Crippen molar-refractivity contribution in [2.24, 2.45) is 0 Å². The predicted octanol–water partition coefficient (Wildman–Crippen LogP) is 4.47. The van der Waals surface area contributed by atoms with E-state index in [0.717, 1.165) is 47.1 Å². The Morgan fingerprint density at radius 1 is 1.20 bits per heavy atom. The molecule has 0 N–H and O–H groups in total. The summed E-state index contributed by atoms with van der Waals surface area (Å²) in [4.78, 5) is 13.0. The minimum absolute atomic E-state index is 0.0417. The summed E-state index contributed by atoms with van der Waals surface area (Å²) in [5, 5.41) is 1.61. The van der Waals surface area contributed by atoms with Crippen molar-refractivity contribution >= 4 is 10.8 Å². The molecule has 0 radical (unpaired) electrons. The monoisotopic (exact) mass is 335 g/mol. The molecule has 1 aliphatic heterocycles. The van der Waals surface area contributed by atoms with Crippen LogP contribution < -0.4 is 10.3 Å². The highest BCUT2D eigenvalue weighted by Crippen LogP contribution is 2.41. The Hall–Kier alpha value is -2.62. The summed E-state index contributed by atoms with van der Waals surface area (Å²) < 4.78 is 21.6. The van der Waals surface area contributed by atoms with Crippen LogP contribution in [0.5, 0.6) is 5.75 Å². The topological polar surface area (TPSA) is 31.2 Å². The smallest absolute Gasteiger partial charge is 0.258 e. The molecule has 0 amide bonds. The second-order valence-electron chi connectivity index (χ2n) is 7.09. The van der Waals surface area contributed by atoms with Crippen LogP contribution in [0.1, 0.15) is 31.4 Å². The van der Waals surface area contributed by atoms with E-state index >= 15 is 0 Å². The van der Waals surface area contributed by atoms with Gasteiger partial charge >= 0.3 is 0 Å². The van der Waals surface area contributed by atoms with Gasteiger partial charge in [-0.15, -0.1) is 0 Å². The van der Waals surface area contributed by atoms with E-state index in [4.69, 9.17) is 4.74 Å². The number of rotatable bonds is 2.